The second-order valence-electron chi connectivity index (χ2n) is 3.65. The van der Waals surface area contributed by atoms with Crippen LogP contribution in [0.4, 0.5) is 8.78 Å². The minimum absolute atomic E-state index is 0.122. The van der Waals surface area contributed by atoms with Crippen LogP contribution in [-0.4, -0.2) is 16.1 Å². The van der Waals surface area contributed by atoms with Crippen LogP contribution in [0.25, 0.3) is 10.9 Å². The molecule has 0 radical (unpaired) electrons. The number of nitrogens with one attached hydrogen (secondary N) is 1. The first-order valence-corrected chi connectivity index (χ1v) is 5.15. The van der Waals surface area contributed by atoms with Crippen LogP contribution in [0, 0.1) is 18.6 Å². The van der Waals surface area contributed by atoms with Crippen LogP contribution >= 0.6 is 11.6 Å². The van der Waals surface area contributed by atoms with Gasteiger partial charge in [-0.3, -0.25) is 4.79 Å². The summed E-state index contributed by atoms with van der Waals surface area (Å²) < 4.78 is 26.8. The molecule has 94 valence electrons. The number of aryl methyl sites for hydroxylation is 1. The van der Waals surface area contributed by atoms with E-state index in [0.29, 0.717) is 0 Å². The number of halogens is 3. The fraction of sp³-hybridized carbons (Fsp3) is 0.0909. The summed E-state index contributed by atoms with van der Waals surface area (Å²) in [5.41, 5.74) is -1.87. The molecule has 2 rings (SSSR count). The van der Waals surface area contributed by atoms with Crippen molar-refractivity contribution in [3.8, 4) is 0 Å². The largest absolute Gasteiger partial charge is 0.477 e. The van der Waals surface area contributed by atoms with Crippen LogP contribution < -0.4 is 5.43 Å². The Kier molecular flexibility index (Phi) is 2.82. The van der Waals surface area contributed by atoms with E-state index in [1.165, 1.54) is 6.92 Å². The van der Waals surface area contributed by atoms with E-state index in [1.807, 2.05) is 0 Å². The van der Waals surface area contributed by atoms with Crippen molar-refractivity contribution in [3.63, 3.8) is 0 Å². The summed E-state index contributed by atoms with van der Waals surface area (Å²) in [6.45, 7) is 1.18. The topological polar surface area (TPSA) is 70.2 Å². The summed E-state index contributed by atoms with van der Waals surface area (Å²) in [6.07, 6.45) is 0.898. The lowest BCUT2D eigenvalue weighted by atomic mass is 10.1. The summed E-state index contributed by atoms with van der Waals surface area (Å²) in [4.78, 5) is 25.0. The van der Waals surface area contributed by atoms with Crippen molar-refractivity contribution < 1.29 is 18.7 Å². The fourth-order valence-corrected chi connectivity index (χ4v) is 1.93. The molecule has 0 aliphatic heterocycles. The Labute approximate surface area is 104 Å². The molecule has 0 fully saturated rings. The highest BCUT2D eigenvalue weighted by Gasteiger charge is 2.21. The van der Waals surface area contributed by atoms with Crippen molar-refractivity contribution in [3.05, 3.63) is 44.2 Å². The Morgan fingerprint density at radius 1 is 1.39 bits per heavy atom. The summed E-state index contributed by atoms with van der Waals surface area (Å²) in [5, 5.41) is 7.94. The van der Waals surface area contributed by atoms with Crippen molar-refractivity contribution in [2.75, 3.05) is 0 Å². The third-order valence-corrected chi connectivity index (χ3v) is 2.98. The first-order valence-electron chi connectivity index (χ1n) is 4.78. The van der Waals surface area contributed by atoms with E-state index >= 15 is 0 Å². The number of pyridine rings is 1. The highest BCUT2D eigenvalue weighted by Crippen LogP contribution is 2.28. The number of aromatic carboxylic acids is 1. The number of rotatable bonds is 1. The van der Waals surface area contributed by atoms with Gasteiger partial charge < -0.3 is 10.1 Å². The van der Waals surface area contributed by atoms with E-state index in [1.54, 1.807) is 0 Å². The van der Waals surface area contributed by atoms with Gasteiger partial charge in [0.2, 0.25) is 5.43 Å². The van der Waals surface area contributed by atoms with Crippen LogP contribution in [0.5, 0.6) is 0 Å². The van der Waals surface area contributed by atoms with Crippen molar-refractivity contribution in [1.82, 2.24) is 4.98 Å². The van der Waals surface area contributed by atoms with Gasteiger partial charge in [-0.15, -0.1) is 0 Å². The molecule has 0 atom stereocenters. The van der Waals surface area contributed by atoms with E-state index in [0.717, 1.165) is 6.20 Å². The van der Waals surface area contributed by atoms with E-state index in [2.05, 4.69) is 4.98 Å². The van der Waals surface area contributed by atoms with Gasteiger partial charge in [-0.2, -0.15) is 0 Å². The Balaban J connectivity index is 3.09. The number of carboxylic acid groups (broad SMARTS) is 1. The molecule has 1 aromatic carbocycles. The Morgan fingerprint density at radius 2 is 2.00 bits per heavy atom. The lowest BCUT2D eigenvalue weighted by molar-refractivity contribution is 0.0695. The SMILES string of the molecule is Cc1c(F)c(F)c(Cl)c2[nH]cc(C(=O)O)c(=O)c12. The zero-order chi connectivity index (χ0) is 13.6. The second kappa shape index (κ2) is 4.06. The predicted molar refractivity (Wildman–Crippen MR) is 61.2 cm³/mol. The highest BCUT2D eigenvalue weighted by atomic mass is 35.5. The minimum atomic E-state index is -1.46. The number of aromatic nitrogens is 1. The molecule has 2 aromatic rings. The monoisotopic (exact) mass is 273 g/mol. The normalized spacial score (nSPS) is 10.9. The smallest absolute Gasteiger partial charge is 0.341 e. The molecule has 4 nitrogen and oxygen atoms in total. The average Bonchev–Trinajstić information content (AvgIpc) is 2.32. The molecule has 0 saturated heterocycles. The zero-order valence-electron chi connectivity index (χ0n) is 8.97. The number of hydrogen-bond acceptors (Lipinski definition) is 2. The van der Waals surface area contributed by atoms with E-state index in [-0.39, 0.29) is 16.5 Å². The summed E-state index contributed by atoms with van der Waals surface area (Å²) in [7, 11) is 0. The van der Waals surface area contributed by atoms with Crippen molar-refractivity contribution in [2.45, 2.75) is 6.92 Å². The molecule has 2 N–H and O–H groups in total. The number of H-pyrrole nitrogens is 1. The summed E-state index contributed by atoms with van der Waals surface area (Å²) in [5.74, 6) is -4.00. The van der Waals surface area contributed by atoms with Crippen molar-refractivity contribution in [1.29, 1.82) is 0 Å². The number of fused-ring (bicyclic) bond motifs is 1. The maximum Gasteiger partial charge on any atom is 0.341 e. The van der Waals surface area contributed by atoms with Gasteiger partial charge in [0.15, 0.2) is 11.6 Å². The molecule has 0 aliphatic carbocycles. The number of hydrogen-bond donors (Lipinski definition) is 2. The van der Waals surface area contributed by atoms with Crippen LogP contribution in [-0.2, 0) is 0 Å². The fourth-order valence-electron chi connectivity index (χ4n) is 1.70. The zero-order valence-corrected chi connectivity index (χ0v) is 9.73. The predicted octanol–water partition coefficient (Wildman–Crippen LogP) is 2.47. The van der Waals surface area contributed by atoms with Gasteiger partial charge in [0.05, 0.1) is 10.9 Å². The molecule has 7 heteroatoms. The maximum atomic E-state index is 13.5. The van der Waals surface area contributed by atoms with Crippen LogP contribution in [0.1, 0.15) is 15.9 Å². The quantitative estimate of drug-likeness (QED) is 0.784. The van der Waals surface area contributed by atoms with Crippen LogP contribution in [0.3, 0.4) is 0 Å². The molecule has 0 aliphatic rings. The molecular weight excluding hydrogens is 268 g/mol. The molecule has 0 saturated carbocycles. The molecule has 0 spiro atoms. The Bertz CT molecular complexity index is 739. The van der Waals surface area contributed by atoms with Gasteiger partial charge in [0.1, 0.15) is 10.6 Å². The van der Waals surface area contributed by atoms with E-state index in [9.17, 15) is 18.4 Å². The molecule has 0 unspecified atom stereocenters. The number of benzene rings is 1. The van der Waals surface area contributed by atoms with Gasteiger partial charge >= 0.3 is 5.97 Å². The van der Waals surface area contributed by atoms with Crippen LogP contribution in [0.15, 0.2) is 11.0 Å². The molecule has 1 heterocycles. The molecule has 0 bridgehead atoms. The minimum Gasteiger partial charge on any atom is -0.477 e. The van der Waals surface area contributed by atoms with Gasteiger partial charge in [-0.05, 0) is 6.92 Å². The second-order valence-corrected chi connectivity index (χ2v) is 4.03. The first kappa shape index (κ1) is 12.5. The lowest BCUT2D eigenvalue weighted by Gasteiger charge is -2.07. The first-order chi connectivity index (χ1) is 8.36. The lowest BCUT2D eigenvalue weighted by Crippen LogP contribution is -2.17. The maximum absolute atomic E-state index is 13.5. The molecule has 18 heavy (non-hydrogen) atoms. The standard InChI is InChI=1S/C11H6ClF2NO3/c1-3-5-9(6(12)8(14)7(3)13)15-2-4(10(5)16)11(17)18/h2H,1H3,(H,15,16)(H,17,18). The van der Waals surface area contributed by atoms with Crippen molar-refractivity contribution in [2.24, 2.45) is 0 Å². The van der Waals surface area contributed by atoms with Gasteiger partial charge in [0, 0.05) is 11.8 Å². The highest BCUT2D eigenvalue weighted by molar-refractivity contribution is 6.35. The number of carbonyl (C=O) groups is 1. The Morgan fingerprint density at radius 3 is 2.56 bits per heavy atom. The van der Waals surface area contributed by atoms with Gasteiger partial charge in [-0.25, -0.2) is 13.6 Å². The summed E-state index contributed by atoms with van der Waals surface area (Å²) in [6, 6.07) is 0. The van der Waals surface area contributed by atoms with Crippen molar-refractivity contribution >= 4 is 28.5 Å². The Hall–Kier alpha value is -1.95. The molecule has 1 aromatic heterocycles. The number of carboxylic acids is 1. The average molecular weight is 274 g/mol. The van der Waals surface area contributed by atoms with E-state index in [4.69, 9.17) is 16.7 Å². The molecule has 0 amide bonds. The number of aromatic amines is 1. The van der Waals surface area contributed by atoms with E-state index < -0.39 is 33.6 Å². The summed E-state index contributed by atoms with van der Waals surface area (Å²) >= 11 is 5.57. The van der Waals surface area contributed by atoms with Crippen LogP contribution in [0.2, 0.25) is 5.02 Å². The third-order valence-electron chi connectivity index (χ3n) is 2.62. The van der Waals surface area contributed by atoms with Gasteiger partial charge in [0.25, 0.3) is 0 Å². The third kappa shape index (κ3) is 1.57. The van der Waals surface area contributed by atoms with Gasteiger partial charge in [-0.1, -0.05) is 11.6 Å². The molecular formula is C11H6ClF2NO3.